The Balaban J connectivity index is 1.36. The van der Waals surface area contributed by atoms with Crippen molar-refractivity contribution in [1.29, 1.82) is 0 Å². The quantitative estimate of drug-likeness (QED) is 0.325. The van der Waals surface area contributed by atoms with Gasteiger partial charge in [-0.3, -0.25) is 9.59 Å². The molecule has 0 bridgehead atoms. The van der Waals surface area contributed by atoms with Crippen LogP contribution in [0.15, 0.2) is 84.1 Å². The van der Waals surface area contributed by atoms with E-state index in [0.29, 0.717) is 29.4 Å². The molecule has 2 heterocycles. The summed E-state index contributed by atoms with van der Waals surface area (Å²) in [7, 11) is 3.26. The van der Waals surface area contributed by atoms with E-state index < -0.39 is 6.04 Å². The minimum atomic E-state index is -0.509. The lowest BCUT2D eigenvalue weighted by Gasteiger charge is -2.39. The van der Waals surface area contributed by atoms with Crippen LogP contribution in [0.2, 0.25) is 0 Å². The number of benzene rings is 3. The number of fused-ring (bicyclic) bond motifs is 1. The topological polar surface area (TPSA) is 71.1 Å². The van der Waals surface area contributed by atoms with Crippen molar-refractivity contribution in [2.24, 2.45) is 11.3 Å². The van der Waals surface area contributed by atoms with Crippen LogP contribution in [-0.2, 0) is 16.0 Å². The molecule has 3 aliphatic rings. The number of allylic oxidation sites excluding steroid dienone is 1. The molecule has 3 aromatic carbocycles. The van der Waals surface area contributed by atoms with Gasteiger partial charge in [0.1, 0.15) is 11.5 Å². The smallest absolute Gasteiger partial charge is 0.242 e. The average molecular weight is 594 g/mol. The van der Waals surface area contributed by atoms with Gasteiger partial charge < -0.3 is 24.6 Å². The van der Waals surface area contributed by atoms with E-state index in [1.54, 1.807) is 14.2 Å². The van der Waals surface area contributed by atoms with E-state index in [-0.39, 0.29) is 23.7 Å². The number of para-hydroxylation sites is 2. The predicted octanol–water partition coefficient (Wildman–Crippen LogP) is 6.80. The summed E-state index contributed by atoms with van der Waals surface area (Å²) in [6.45, 7) is 5.90. The molecule has 0 radical (unpaired) electrons. The highest BCUT2D eigenvalue weighted by Gasteiger charge is 2.43. The van der Waals surface area contributed by atoms with Crippen molar-refractivity contribution in [3.63, 3.8) is 0 Å². The first-order chi connectivity index (χ1) is 21.3. The molecular weight excluding hydrogens is 550 g/mol. The molecule has 1 amide bonds. The number of nitrogens with zero attached hydrogens (tertiary/aromatic N) is 2. The van der Waals surface area contributed by atoms with Gasteiger partial charge >= 0.3 is 0 Å². The first-order valence-corrected chi connectivity index (χ1v) is 15.7. The van der Waals surface area contributed by atoms with Gasteiger partial charge in [0.05, 0.1) is 38.2 Å². The maximum atomic E-state index is 14.1. The van der Waals surface area contributed by atoms with Crippen LogP contribution in [0.4, 0.5) is 11.4 Å². The van der Waals surface area contributed by atoms with Crippen LogP contribution in [0.25, 0.3) is 0 Å². The second kappa shape index (κ2) is 12.4. The minimum absolute atomic E-state index is 0.0723. The average Bonchev–Trinajstić information content (AvgIpc) is 3.15. The molecule has 2 aliphatic heterocycles. The van der Waals surface area contributed by atoms with Gasteiger partial charge in [-0.1, -0.05) is 56.3 Å². The molecule has 44 heavy (non-hydrogen) atoms. The summed E-state index contributed by atoms with van der Waals surface area (Å²) in [5.41, 5.74) is 5.42. The Kier molecular flexibility index (Phi) is 8.39. The highest BCUT2D eigenvalue weighted by molar-refractivity contribution is 6.02. The number of anilines is 2. The maximum Gasteiger partial charge on any atom is 0.242 e. The number of methoxy groups -OCH3 is 2. The number of amides is 1. The summed E-state index contributed by atoms with van der Waals surface area (Å²) in [6.07, 6.45) is 4.18. The van der Waals surface area contributed by atoms with Crippen molar-refractivity contribution in [1.82, 2.24) is 4.90 Å². The number of Topliss-reactive ketones (excluding diaryl/α,β-unsaturated/α-hetero) is 1. The van der Waals surface area contributed by atoms with Crippen LogP contribution < -0.4 is 19.7 Å². The summed E-state index contributed by atoms with van der Waals surface area (Å²) >= 11 is 0. The number of hydrogen-bond acceptors (Lipinski definition) is 6. The molecule has 0 spiro atoms. The van der Waals surface area contributed by atoms with Crippen LogP contribution in [0, 0.1) is 11.3 Å². The Hall–Kier alpha value is -4.26. The molecule has 1 aliphatic carbocycles. The lowest BCUT2D eigenvalue weighted by Crippen LogP contribution is -2.46. The molecule has 7 heteroatoms. The van der Waals surface area contributed by atoms with Crippen molar-refractivity contribution in [3.8, 4) is 11.5 Å². The van der Waals surface area contributed by atoms with Gasteiger partial charge in [-0.25, -0.2) is 0 Å². The van der Waals surface area contributed by atoms with Crippen molar-refractivity contribution < 1.29 is 19.1 Å². The van der Waals surface area contributed by atoms with Gasteiger partial charge in [0.15, 0.2) is 5.78 Å². The van der Waals surface area contributed by atoms with Crippen LogP contribution >= 0.6 is 0 Å². The van der Waals surface area contributed by atoms with E-state index in [4.69, 9.17) is 9.47 Å². The van der Waals surface area contributed by atoms with Crippen molar-refractivity contribution in [3.05, 3.63) is 95.2 Å². The van der Waals surface area contributed by atoms with E-state index >= 15 is 0 Å². The standard InChI is InChI=1S/C37H43N3O4/c1-37(2)22-30-35(32(41)23-37)36(28-15-14-27(43-3)21-33(28)44-4)40(31-13-9-8-12-29(31)38-30)24-34(42)39-18-16-26(17-19-39)20-25-10-6-5-7-11-25/h5-15,21,26,36,38H,16-20,22-24H2,1-4H3. The number of carbonyl (C=O) groups excluding carboxylic acids is 2. The van der Waals surface area contributed by atoms with E-state index in [1.807, 2.05) is 47.4 Å². The van der Waals surface area contributed by atoms with Crippen molar-refractivity contribution >= 4 is 23.1 Å². The summed E-state index contributed by atoms with van der Waals surface area (Å²) in [5, 5.41) is 3.65. The van der Waals surface area contributed by atoms with Crippen LogP contribution in [0.1, 0.15) is 56.7 Å². The normalized spacial score (nSPS) is 19.9. The summed E-state index contributed by atoms with van der Waals surface area (Å²) < 4.78 is 11.4. The first kappa shape index (κ1) is 29.8. The van der Waals surface area contributed by atoms with Crippen molar-refractivity contribution in [2.45, 2.75) is 52.0 Å². The molecule has 1 N–H and O–H groups in total. The Bertz CT molecular complexity index is 1560. The highest BCUT2D eigenvalue weighted by atomic mass is 16.5. The van der Waals surface area contributed by atoms with E-state index in [2.05, 4.69) is 54.4 Å². The minimum Gasteiger partial charge on any atom is -0.497 e. The lowest BCUT2D eigenvalue weighted by molar-refractivity contribution is -0.131. The number of nitrogens with one attached hydrogen (secondary N) is 1. The van der Waals surface area contributed by atoms with Crippen LogP contribution in [0.5, 0.6) is 11.5 Å². The number of rotatable bonds is 7. The van der Waals surface area contributed by atoms with Gasteiger partial charge in [0.25, 0.3) is 0 Å². The molecule has 230 valence electrons. The predicted molar refractivity (Wildman–Crippen MR) is 174 cm³/mol. The first-order valence-electron chi connectivity index (χ1n) is 15.7. The molecule has 1 atom stereocenters. The van der Waals surface area contributed by atoms with Gasteiger partial charge in [-0.05, 0) is 66.8 Å². The molecule has 1 unspecified atom stereocenters. The van der Waals surface area contributed by atoms with Gasteiger partial charge in [0.2, 0.25) is 5.91 Å². The molecule has 1 saturated heterocycles. The van der Waals surface area contributed by atoms with Gasteiger partial charge in [0, 0.05) is 42.4 Å². The fourth-order valence-electron chi connectivity index (χ4n) is 7.17. The number of piperidine rings is 1. The highest BCUT2D eigenvalue weighted by Crippen LogP contribution is 2.50. The molecule has 0 aromatic heterocycles. The zero-order chi connectivity index (χ0) is 30.8. The van der Waals surface area contributed by atoms with Gasteiger partial charge in [-0.2, -0.15) is 0 Å². The number of carbonyl (C=O) groups is 2. The van der Waals surface area contributed by atoms with Crippen molar-refractivity contribution in [2.75, 3.05) is 44.1 Å². The Morgan fingerprint density at radius 3 is 2.39 bits per heavy atom. The fourth-order valence-corrected chi connectivity index (χ4v) is 7.17. The third-order valence-electron chi connectivity index (χ3n) is 9.38. The lowest BCUT2D eigenvalue weighted by atomic mass is 9.73. The number of hydrogen-bond donors (Lipinski definition) is 1. The second-order valence-electron chi connectivity index (χ2n) is 13.1. The van der Waals surface area contributed by atoms with Crippen LogP contribution in [0.3, 0.4) is 0 Å². The number of ether oxygens (including phenoxy) is 2. The van der Waals surface area contributed by atoms with Crippen LogP contribution in [-0.4, -0.2) is 50.4 Å². The Morgan fingerprint density at radius 1 is 0.932 bits per heavy atom. The second-order valence-corrected chi connectivity index (χ2v) is 13.1. The largest absolute Gasteiger partial charge is 0.497 e. The third kappa shape index (κ3) is 6.05. The van der Waals surface area contributed by atoms with Gasteiger partial charge in [-0.15, -0.1) is 0 Å². The fraction of sp³-hybridized carbons (Fsp3) is 0.405. The number of ketones is 1. The van der Waals surface area contributed by atoms with E-state index in [0.717, 1.165) is 61.4 Å². The molecule has 0 saturated carbocycles. The monoisotopic (exact) mass is 593 g/mol. The molecule has 7 nitrogen and oxygen atoms in total. The Morgan fingerprint density at radius 2 is 1.66 bits per heavy atom. The SMILES string of the molecule is COc1ccc(C2C3=C(CC(C)(C)CC3=O)Nc3ccccc3N2CC(=O)N2CCC(Cc3ccccc3)CC2)c(OC)c1. The summed E-state index contributed by atoms with van der Waals surface area (Å²) in [5.74, 6) is 2.03. The summed E-state index contributed by atoms with van der Waals surface area (Å²) in [6, 6.07) is 23.9. The molecular formula is C37H43N3O4. The zero-order valence-electron chi connectivity index (χ0n) is 26.3. The Labute approximate surface area is 260 Å². The zero-order valence-corrected chi connectivity index (χ0v) is 26.3. The third-order valence-corrected chi connectivity index (χ3v) is 9.38. The number of likely N-dealkylation sites (tertiary alicyclic amines) is 1. The molecule has 6 rings (SSSR count). The molecule has 3 aromatic rings. The maximum absolute atomic E-state index is 14.1. The van der Waals surface area contributed by atoms with E-state index in [1.165, 1.54) is 5.56 Å². The molecule has 1 fully saturated rings. The van der Waals surface area contributed by atoms with E-state index in [9.17, 15) is 9.59 Å². The summed E-state index contributed by atoms with van der Waals surface area (Å²) in [4.78, 5) is 32.4.